The zero-order valence-corrected chi connectivity index (χ0v) is 9.63. The highest BCUT2D eigenvalue weighted by Gasteiger charge is 2.45. The van der Waals surface area contributed by atoms with E-state index in [0.29, 0.717) is 24.0 Å². The molecule has 0 bridgehead atoms. The Kier molecular flexibility index (Phi) is 2.54. The van der Waals surface area contributed by atoms with Crippen molar-refractivity contribution < 1.29 is 19.0 Å². The Morgan fingerprint density at radius 2 is 1.81 bits per heavy atom. The van der Waals surface area contributed by atoms with Crippen molar-refractivity contribution in [3.8, 4) is 11.5 Å². The van der Waals surface area contributed by atoms with Crippen molar-refractivity contribution in [2.45, 2.75) is 25.4 Å². The molecule has 1 aromatic rings. The molecule has 1 aromatic carbocycles. The number of aryl methyl sites for hydroxylation is 1. The van der Waals surface area contributed by atoms with Crippen LogP contribution < -0.4 is 9.47 Å². The number of halogens is 1. The summed E-state index contributed by atoms with van der Waals surface area (Å²) in [5.74, 6) is -0.285. The highest BCUT2D eigenvalue weighted by atomic mass is 19.1. The molecule has 1 aliphatic carbocycles. The van der Waals surface area contributed by atoms with Crippen LogP contribution in [0.4, 0.5) is 4.39 Å². The van der Waals surface area contributed by atoms with Crippen LogP contribution in [0.5, 0.6) is 11.5 Å². The van der Waals surface area contributed by atoms with Gasteiger partial charge in [0.15, 0.2) is 11.5 Å². The fourth-order valence-electron chi connectivity index (χ4n) is 1.93. The first-order valence-corrected chi connectivity index (χ1v) is 5.17. The molecule has 0 aromatic heterocycles. The Bertz CT molecular complexity index is 425. The van der Waals surface area contributed by atoms with Crippen molar-refractivity contribution in [1.82, 2.24) is 0 Å². The molecule has 88 valence electrons. The highest BCUT2D eigenvalue weighted by Crippen LogP contribution is 2.51. The number of hydrogen-bond donors (Lipinski definition) is 1. The van der Waals surface area contributed by atoms with Gasteiger partial charge in [-0.3, -0.25) is 0 Å². The van der Waals surface area contributed by atoms with E-state index in [9.17, 15) is 9.50 Å². The summed E-state index contributed by atoms with van der Waals surface area (Å²) in [6, 6.07) is 1.73. The van der Waals surface area contributed by atoms with Gasteiger partial charge in [-0.05, 0) is 31.4 Å². The molecule has 4 heteroatoms. The molecule has 1 fully saturated rings. The predicted molar refractivity (Wildman–Crippen MR) is 57.4 cm³/mol. The van der Waals surface area contributed by atoms with E-state index in [1.165, 1.54) is 14.2 Å². The van der Waals surface area contributed by atoms with E-state index in [0.717, 1.165) is 0 Å². The van der Waals surface area contributed by atoms with Gasteiger partial charge in [0.2, 0.25) is 5.82 Å². The molecule has 3 nitrogen and oxygen atoms in total. The monoisotopic (exact) mass is 226 g/mol. The molecule has 2 rings (SSSR count). The van der Waals surface area contributed by atoms with Gasteiger partial charge in [0.05, 0.1) is 19.8 Å². The minimum Gasteiger partial charge on any atom is -0.493 e. The lowest BCUT2D eigenvalue weighted by Gasteiger charge is -2.17. The smallest absolute Gasteiger partial charge is 0.207 e. The van der Waals surface area contributed by atoms with Crippen molar-refractivity contribution >= 4 is 0 Å². The summed E-state index contributed by atoms with van der Waals surface area (Å²) in [7, 11) is 2.80. The second-order valence-electron chi connectivity index (χ2n) is 4.15. The minimum atomic E-state index is -0.913. The molecule has 0 aliphatic heterocycles. The Labute approximate surface area is 93.8 Å². The van der Waals surface area contributed by atoms with Gasteiger partial charge in [0.1, 0.15) is 0 Å². The molecular weight excluding hydrogens is 211 g/mol. The molecule has 0 heterocycles. The zero-order chi connectivity index (χ0) is 11.9. The highest BCUT2D eigenvalue weighted by molar-refractivity contribution is 5.51. The van der Waals surface area contributed by atoms with Crippen LogP contribution in [0.3, 0.4) is 0 Å². The summed E-state index contributed by atoms with van der Waals surface area (Å²) < 4.78 is 24.0. The first-order chi connectivity index (χ1) is 7.53. The average molecular weight is 226 g/mol. The average Bonchev–Trinajstić information content (AvgIpc) is 2.98. The normalized spacial score (nSPS) is 17.1. The van der Waals surface area contributed by atoms with Gasteiger partial charge in [-0.2, -0.15) is 4.39 Å². The van der Waals surface area contributed by atoms with Gasteiger partial charge in [-0.1, -0.05) is 0 Å². The SMILES string of the molecule is COc1c(C)cc(C2(O)CC2)c(OC)c1F. The summed E-state index contributed by atoms with van der Waals surface area (Å²) in [5.41, 5.74) is 0.269. The first kappa shape index (κ1) is 11.2. The Balaban J connectivity index is 2.62. The van der Waals surface area contributed by atoms with Crippen LogP contribution in [0.1, 0.15) is 24.0 Å². The van der Waals surface area contributed by atoms with Gasteiger partial charge >= 0.3 is 0 Å². The second-order valence-corrected chi connectivity index (χ2v) is 4.15. The molecule has 0 spiro atoms. The van der Waals surface area contributed by atoms with Gasteiger partial charge in [0, 0.05) is 5.56 Å². The van der Waals surface area contributed by atoms with Crippen molar-refractivity contribution in [3.05, 3.63) is 23.0 Å². The van der Waals surface area contributed by atoms with E-state index in [1.54, 1.807) is 13.0 Å². The lowest BCUT2D eigenvalue weighted by molar-refractivity contribution is 0.146. The number of aliphatic hydroxyl groups is 1. The standard InChI is InChI=1S/C12H15FO3/c1-7-6-8(12(14)4-5-12)11(16-3)9(13)10(7)15-2/h6,14H,4-5H2,1-3H3. The maximum absolute atomic E-state index is 14.0. The van der Waals surface area contributed by atoms with Gasteiger partial charge in [0.25, 0.3) is 0 Å². The molecule has 1 N–H and O–H groups in total. The third kappa shape index (κ3) is 1.53. The van der Waals surface area contributed by atoms with Crippen molar-refractivity contribution in [2.24, 2.45) is 0 Å². The lowest BCUT2D eigenvalue weighted by Crippen LogP contribution is -2.10. The summed E-state index contributed by atoms with van der Waals surface area (Å²) in [6.07, 6.45) is 1.29. The number of hydrogen-bond acceptors (Lipinski definition) is 3. The van der Waals surface area contributed by atoms with E-state index in [4.69, 9.17) is 9.47 Å². The number of methoxy groups -OCH3 is 2. The van der Waals surface area contributed by atoms with E-state index in [2.05, 4.69) is 0 Å². The summed E-state index contributed by atoms with van der Waals surface area (Å²) in [6.45, 7) is 1.75. The molecule has 0 saturated heterocycles. The van der Waals surface area contributed by atoms with Crippen LogP contribution in [0.2, 0.25) is 0 Å². The Morgan fingerprint density at radius 1 is 1.25 bits per heavy atom. The van der Waals surface area contributed by atoms with Gasteiger partial charge in [-0.25, -0.2) is 0 Å². The van der Waals surface area contributed by atoms with Crippen LogP contribution in [0.25, 0.3) is 0 Å². The van der Waals surface area contributed by atoms with Crippen molar-refractivity contribution in [1.29, 1.82) is 0 Å². The van der Waals surface area contributed by atoms with Crippen LogP contribution in [-0.4, -0.2) is 19.3 Å². The molecule has 16 heavy (non-hydrogen) atoms. The van der Waals surface area contributed by atoms with E-state index >= 15 is 0 Å². The molecule has 0 atom stereocenters. The maximum Gasteiger partial charge on any atom is 0.207 e. The minimum absolute atomic E-state index is 0.0856. The zero-order valence-electron chi connectivity index (χ0n) is 9.63. The largest absolute Gasteiger partial charge is 0.493 e. The van der Waals surface area contributed by atoms with Crippen LogP contribution in [0, 0.1) is 12.7 Å². The predicted octanol–water partition coefficient (Wildman–Crippen LogP) is 2.13. The van der Waals surface area contributed by atoms with Gasteiger partial charge < -0.3 is 14.6 Å². The topological polar surface area (TPSA) is 38.7 Å². The quantitative estimate of drug-likeness (QED) is 0.858. The lowest BCUT2D eigenvalue weighted by atomic mass is 10.0. The third-order valence-corrected chi connectivity index (χ3v) is 3.00. The molecule has 1 saturated carbocycles. The summed E-state index contributed by atoms with van der Waals surface area (Å²) in [5, 5.41) is 10.0. The Morgan fingerprint density at radius 3 is 2.25 bits per heavy atom. The van der Waals surface area contributed by atoms with Crippen LogP contribution >= 0.6 is 0 Å². The number of ether oxygens (including phenoxy) is 2. The first-order valence-electron chi connectivity index (χ1n) is 5.17. The summed E-state index contributed by atoms with van der Waals surface area (Å²) in [4.78, 5) is 0. The van der Waals surface area contributed by atoms with E-state index < -0.39 is 11.4 Å². The van der Waals surface area contributed by atoms with Crippen LogP contribution in [0.15, 0.2) is 6.07 Å². The third-order valence-electron chi connectivity index (χ3n) is 3.00. The molecular formula is C12H15FO3. The fraction of sp³-hybridized carbons (Fsp3) is 0.500. The van der Waals surface area contributed by atoms with Crippen molar-refractivity contribution in [2.75, 3.05) is 14.2 Å². The van der Waals surface area contributed by atoms with Crippen LogP contribution in [-0.2, 0) is 5.60 Å². The maximum atomic E-state index is 14.0. The number of rotatable bonds is 3. The summed E-state index contributed by atoms with van der Waals surface area (Å²) >= 11 is 0. The molecule has 0 radical (unpaired) electrons. The van der Waals surface area contributed by atoms with Gasteiger partial charge in [-0.15, -0.1) is 0 Å². The molecule has 0 unspecified atom stereocenters. The molecule has 0 amide bonds. The Hall–Kier alpha value is -1.29. The van der Waals surface area contributed by atoms with E-state index in [1.807, 2.05) is 0 Å². The van der Waals surface area contributed by atoms with E-state index in [-0.39, 0.29) is 11.5 Å². The molecule has 1 aliphatic rings. The fourth-order valence-corrected chi connectivity index (χ4v) is 1.93. The van der Waals surface area contributed by atoms with Crippen molar-refractivity contribution in [3.63, 3.8) is 0 Å². The number of benzene rings is 1. The second kappa shape index (κ2) is 3.63.